The van der Waals surface area contributed by atoms with Gasteiger partial charge in [-0.1, -0.05) is 44.2 Å². The van der Waals surface area contributed by atoms with Crippen molar-refractivity contribution < 1.29 is 9.53 Å². The SMILES string of the molecule is CC.COC(=O)c1nsc(-c2ccccc2)c1C. The highest BCUT2D eigenvalue weighted by Crippen LogP contribution is 2.29. The zero-order valence-electron chi connectivity index (χ0n) is 11.1. The Hall–Kier alpha value is -1.68. The molecular formula is C14H17NO2S. The number of rotatable bonds is 2. The largest absolute Gasteiger partial charge is 0.464 e. The molecule has 2 aromatic rings. The highest BCUT2D eigenvalue weighted by atomic mass is 32.1. The minimum Gasteiger partial charge on any atom is -0.464 e. The van der Waals surface area contributed by atoms with Crippen LogP contribution in [0, 0.1) is 6.92 Å². The second-order valence-electron chi connectivity index (χ2n) is 3.34. The molecule has 0 fully saturated rings. The van der Waals surface area contributed by atoms with E-state index in [-0.39, 0.29) is 5.97 Å². The van der Waals surface area contributed by atoms with Gasteiger partial charge < -0.3 is 4.74 Å². The van der Waals surface area contributed by atoms with Crippen molar-refractivity contribution >= 4 is 17.5 Å². The molecule has 0 bridgehead atoms. The molecule has 0 spiro atoms. The highest BCUT2D eigenvalue weighted by Gasteiger charge is 2.17. The maximum atomic E-state index is 11.4. The molecule has 0 aliphatic heterocycles. The van der Waals surface area contributed by atoms with Crippen LogP contribution in [0.2, 0.25) is 0 Å². The molecule has 2 rings (SSSR count). The lowest BCUT2D eigenvalue weighted by atomic mass is 10.1. The van der Waals surface area contributed by atoms with Gasteiger partial charge in [0.05, 0.1) is 12.0 Å². The molecule has 0 N–H and O–H groups in total. The van der Waals surface area contributed by atoms with Gasteiger partial charge in [0.25, 0.3) is 0 Å². The number of hydrogen-bond acceptors (Lipinski definition) is 4. The third-order valence-electron chi connectivity index (χ3n) is 2.34. The molecule has 1 heterocycles. The molecule has 1 aromatic heterocycles. The summed E-state index contributed by atoms with van der Waals surface area (Å²) in [4.78, 5) is 12.4. The van der Waals surface area contributed by atoms with Gasteiger partial charge in [-0.3, -0.25) is 0 Å². The number of aromatic nitrogens is 1. The lowest BCUT2D eigenvalue weighted by Gasteiger charge is -1.99. The van der Waals surface area contributed by atoms with Crippen LogP contribution in [0.1, 0.15) is 29.9 Å². The van der Waals surface area contributed by atoms with Gasteiger partial charge >= 0.3 is 5.97 Å². The summed E-state index contributed by atoms with van der Waals surface area (Å²) in [6.45, 7) is 5.89. The average molecular weight is 263 g/mol. The summed E-state index contributed by atoms with van der Waals surface area (Å²) >= 11 is 1.32. The van der Waals surface area contributed by atoms with Crippen molar-refractivity contribution in [1.82, 2.24) is 4.37 Å². The van der Waals surface area contributed by atoms with Crippen LogP contribution in [0.3, 0.4) is 0 Å². The Bertz CT molecular complexity index is 506. The van der Waals surface area contributed by atoms with Gasteiger partial charge in [-0.05, 0) is 24.0 Å². The lowest BCUT2D eigenvalue weighted by Crippen LogP contribution is -2.03. The van der Waals surface area contributed by atoms with Gasteiger partial charge in [0.2, 0.25) is 0 Å². The molecule has 0 amide bonds. The second-order valence-corrected chi connectivity index (χ2v) is 4.12. The van der Waals surface area contributed by atoms with Crippen molar-refractivity contribution in [1.29, 1.82) is 0 Å². The van der Waals surface area contributed by atoms with Crippen LogP contribution in [0.15, 0.2) is 30.3 Å². The average Bonchev–Trinajstić information content (AvgIpc) is 2.83. The summed E-state index contributed by atoms with van der Waals surface area (Å²) in [5, 5.41) is 0. The number of hydrogen-bond donors (Lipinski definition) is 0. The third-order valence-corrected chi connectivity index (χ3v) is 3.34. The molecule has 4 heteroatoms. The Labute approximate surface area is 112 Å². The molecule has 0 saturated carbocycles. The smallest absolute Gasteiger partial charge is 0.358 e. The van der Waals surface area contributed by atoms with E-state index in [0.29, 0.717) is 5.69 Å². The van der Waals surface area contributed by atoms with Crippen molar-refractivity contribution in [3.05, 3.63) is 41.6 Å². The molecule has 0 unspecified atom stereocenters. The van der Waals surface area contributed by atoms with Gasteiger partial charge in [0.15, 0.2) is 5.69 Å². The van der Waals surface area contributed by atoms with E-state index in [2.05, 4.69) is 9.11 Å². The minimum absolute atomic E-state index is 0.379. The molecule has 0 atom stereocenters. The fraction of sp³-hybridized carbons (Fsp3) is 0.286. The van der Waals surface area contributed by atoms with Crippen molar-refractivity contribution in [2.75, 3.05) is 7.11 Å². The van der Waals surface area contributed by atoms with E-state index < -0.39 is 0 Å². The van der Waals surface area contributed by atoms with E-state index in [1.165, 1.54) is 18.6 Å². The molecule has 0 aliphatic rings. The number of benzene rings is 1. The van der Waals surface area contributed by atoms with Crippen molar-refractivity contribution in [3.63, 3.8) is 0 Å². The first-order valence-corrected chi connectivity index (χ1v) is 6.61. The molecule has 0 aliphatic carbocycles. The van der Waals surface area contributed by atoms with Crippen molar-refractivity contribution in [3.8, 4) is 10.4 Å². The van der Waals surface area contributed by atoms with Gasteiger partial charge in [-0.2, -0.15) is 4.37 Å². The van der Waals surface area contributed by atoms with E-state index in [9.17, 15) is 4.79 Å². The second kappa shape index (κ2) is 6.91. The van der Waals surface area contributed by atoms with Crippen LogP contribution in [0.4, 0.5) is 0 Å². The Morgan fingerprint density at radius 1 is 1.22 bits per heavy atom. The van der Waals surface area contributed by atoms with Crippen LogP contribution >= 0.6 is 11.5 Å². The number of ether oxygens (including phenoxy) is 1. The Balaban J connectivity index is 0.000000771. The van der Waals surface area contributed by atoms with Crippen LogP contribution in [-0.4, -0.2) is 17.5 Å². The van der Waals surface area contributed by atoms with E-state index in [1.807, 2.05) is 51.1 Å². The first-order valence-electron chi connectivity index (χ1n) is 5.84. The third kappa shape index (κ3) is 2.96. The Kier molecular flexibility index (Phi) is 5.52. The Morgan fingerprint density at radius 3 is 2.39 bits per heavy atom. The van der Waals surface area contributed by atoms with Crippen LogP contribution in [0.25, 0.3) is 10.4 Å². The quantitative estimate of drug-likeness (QED) is 0.771. The van der Waals surface area contributed by atoms with E-state index in [0.717, 1.165) is 16.0 Å². The monoisotopic (exact) mass is 263 g/mol. The minimum atomic E-state index is -0.379. The van der Waals surface area contributed by atoms with Crippen LogP contribution in [-0.2, 0) is 4.74 Å². The summed E-state index contributed by atoms with van der Waals surface area (Å²) in [5.41, 5.74) is 2.36. The lowest BCUT2D eigenvalue weighted by molar-refractivity contribution is 0.0594. The number of methoxy groups -OCH3 is 1. The fourth-order valence-electron chi connectivity index (χ4n) is 1.48. The van der Waals surface area contributed by atoms with Crippen molar-refractivity contribution in [2.24, 2.45) is 0 Å². The molecule has 18 heavy (non-hydrogen) atoms. The number of carbonyl (C=O) groups is 1. The first-order chi connectivity index (χ1) is 8.74. The summed E-state index contributed by atoms with van der Waals surface area (Å²) in [5.74, 6) is -0.379. The molecule has 3 nitrogen and oxygen atoms in total. The van der Waals surface area contributed by atoms with Crippen LogP contribution < -0.4 is 0 Å². The topological polar surface area (TPSA) is 39.2 Å². The summed E-state index contributed by atoms with van der Waals surface area (Å²) in [6.07, 6.45) is 0. The maximum Gasteiger partial charge on any atom is 0.358 e. The Morgan fingerprint density at radius 2 is 1.83 bits per heavy atom. The first kappa shape index (κ1) is 14.4. The van der Waals surface area contributed by atoms with E-state index in [4.69, 9.17) is 0 Å². The predicted molar refractivity (Wildman–Crippen MR) is 75.0 cm³/mol. The number of esters is 1. The van der Waals surface area contributed by atoms with Gasteiger partial charge in [0, 0.05) is 5.56 Å². The zero-order valence-corrected chi connectivity index (χ0v) is 11.9. The van der Waals surface area contributed by atoms with Gasteiger partial charge in [0.1, 0.15) is 0 Å². The highest BCUT2D eigenvalue weighted by molar-refractivity contribution is 7.10. The summed E-state index contributed by atoms with van der Waals surface area (Å²) in [7, 11) is 1.36. The van der Waals surface area contributed by atoms with E-state index in [1.54, 1.807) is 0 Å². The summed E-state index contributed by atoms with van der Waals surface area (Å²) in [6, 6.07) is 9.89. The zero-order chi connectivity index (χ0) is 13.5. The van der Waals surface area contributed by atoms with Gasteiger partial charge in [-0.25, -0.2) is 4.79 Å². The molecule has 1 aromatic carbocycles. The number of carbonyl (C=O) groups excluding carboxylic acids is 1. The molecule has 96 valence electrons. The fourth-order valence-corrected chi connectivity index (χ4v) is 2.35. The summed E-state index contributed by atoms with van der Waals surface area (Å²) < 4.78 is 8.80. The molecular weight excluding hydrogens is 246 g/mol. The maximum absolute atomic E-state index is 11.4. The van der Waals surface area contributed by atoms with E-state index >= 15 is 0 Å². The number of nitrogens with zero attached hydrogens (tertiary/aromatic N) is 1. The van der Waals surface area contributed by atoms with Crippen LogP contribution in [0.5, 0.6) is 0 Å². The standard InChI is InChI=1S/C12H11NO2S.C2H6/c1-8-10(12(14)15-2)13-16-11(8)9-6-4-3-5-7-9;1-2/h3-7H,1-2H3;1-2H3. The van der Waals surface area contributed by atoms with Gasteiger partial charge in [-0.15, -0.1) is 0 Å². The van der Waals surface area contributed by atoms with Crippen molar-refractivity contribution in [2.45, 2.75) is 20.8 Å². The predicted octanol–water partition coefficient (Wildman–Crippen LogP) is 3.93. The molecule has 0 saturated heterocycles. The normalized spacial score (nSPS) is 9.33. The molecule has 0 radical (unpaired) electrons.